The maximum atomic E-state index is 14.4. The first kappa shape index (κ1) is 26.7. The number of aromatic nitrogens is 1. The van der Waals surface area contributed by atoms with Crippen LogP contribution in [0.15, 0.2) is 47.0 Å². The fourth-order valence-electron chi connectivity index (χ4n) is 7.22. The second kappa shape index (κ2) is 9.29. The number of carbonyl (C=O) groups is 3. The number of benzene rings is 1. The summed E-state index contributed by atoms with van der Waals surface area (Å²) in [5.74, 6) is -1.42. The zero-order valence-electron chi connectivity index (χ0n) is 23.8. The van der Waals surface area contributed by atoms with E-state index in [-0.39, 0.29) is 17.6 Å². The van der Waals surface area contributed by atoms with Crippen molar-refractivity contribution in [3.63, 3.8) is 0 Å². The number of amides is 3. The van der Waals surface area contributed by atoms with Crippen LogP contribution < -0.4 is 15.5 Å². The van der Waals surface area contributed by atoms with Crippen LogP contribution in [0, 0.1) is 18.8 Å². The molecule has 1 aromatic heterocycles. The molecule has 2 saturated heterocycles. The van der Waals surface area contributed by atoms with Gasteiger partial charge in [-0.2, -0.15) is 0 Å². The van der Waals surface area contributed by atoms with E-state index in [0.717, 1.165) is 0 Å². The topological polar surface area (TPSA) is 114 Å². The number of anilines is 2. The van der Waals surface area contributed by atoms with Crippen molar-refractivity contribution >= 4 is 29.2 Å². The lowest BCUT2D eigenvalue weighted by molar-refractivity contribution is -0.131. The number of fused-ring (bicyclic) bond motifs is 1. The van der Waals surface area contributed by atoms with Gasteiger partial charge in [-0.05, 0) is 71.1 Å². The van der Waals surface area contributed by atoms with E-state index in [9.17, 15) is 14.4 Å². The van der Waals surface area contributed by atoms with E-state index < -0.39 is 40.5 Å². The molecule has 2 aromatic rings. The van der Waals surface area contributed by atoms with E-state index >= 15 is 0 Å². The van der Waals surface area contributed by atoms with Gasteiger partial charge in [0, 0.05) is 17.3 Å². The third-order valence-electron chi connectivity index (χ3n) is 8.85. The lowest BCUT2D eigenvalue weighted by Gasteiger charge is -2.35. The van der Waals surface area contributed by atoms with E-state index in [0.29, 0.717) is 17.4 Å². The molecular weight excluding hydrogens is 508 g/mol. The summed E-state index contributed by atoms with van der Waals surface area (Å²) >= 11 is 0. The summed E-state index contributed by atoms with van der Waals surface area (Å²) in [7, 11) is 0. The van der Waals surface area contributed by atoms with Gasteiger partial charge >= 0.3 is 0 Å². The monoisotopic (exact) mass is 546 g/mol. The molecule has 9 nitrogen and oxygen atoms in total. The summed E-state index contributed by atoms with van der Waals surface area (Å²) in [4.78, 5) is 43.6. The van der Waals surface area contributed by atoms with Crippen LogP contribution in [0.1, 0.15) is 77.0 Å². The number of carbonyl (C=O) groups excluding carboxylic acids is 3. The van der Waals surface area contributed by atoms with E-state index in [1.54, 1.807) is 24.8 Å². The maximum Gasteiger partial charge on any atom is 0.246 e. The molecule has 2 bridgehead atoms. The lowest BCUT2D eigenvalue weighted by Crippen LogP contribution is -2.58. The minimum Gasteiger partial charge on any atom is -0.360 e. The highest BCUT2D eigenvalue weighted by Crippen LogP contribution is 2.60. The van der Waals surface area contributed by atoms with Gasteiger partial charge in [-0.1, -0.05) is 48.7 Å². The van der Waals surface area contributed by atoms with Gasteiger partial charge in [-0.25, -0.2) is 0 Å². The minimum absolute atomic E-state index is 0.273. The molecule has 4 aliphatic rings. The van der Waals surface area contributed by atoms with Crippen LogP contribution >= 0.6 is 0 Å². The molecule has 5 atom stereocenters. The van der Waals surface area contributed by atoms with Crippen molar-refractivity contribution in [2.24, 2.45) is 11.8 Å². The van der Waals surface area contributed by atoms with Gasteiger partial charge in [0.05, 0.1) is 17.4 Å². The minimum atomic E-state index is -1.29. The van der Waals surface area contributed by atoms with Crippen molar-refractivity contribution in [2.75, 3.05) is 10.2 Å². The van der Waals surface area contributed by atoms with Crippen molar-refractivity contribution in [2.45, 2.75) is 95.4 Å². The lowest BCUT2D eigenvalue weighted by atomic mass is 9.70. The normalized spacial score (nSPS) is 31.5. The maximum absolute atomic E-state index is 14.4. The van der Waals surface area contributed by atoms with Crippen LogP contribution in [0.5, 0.6) is 0 Å². The Labute approximate surface area is 234 Å². The Kier molecular flexibility index (Phi) is 6.22. The summed E-state index contributed by atoms with van der Waals surface area (Å²) in [6.07, 6.45) is 9.73. The second-order valence-corrected chi connectivity index (χ2v) is 13.0. The molecule has 1 spiro atoms. The molecule has 3 aliphatic heterocycles. The molecule has 1 saturated carbocycles. The molecular formula is C31H38N4O5. The van der Waals surface area contributed by atoms with E-state index in [2.05, 4.69) is 27.9 Å². The summed E-state index contributed by atoms with van der Waals surface area (Å²) in [5.41, 5.74) is -0.990. The van der Waals surface area contributed by atoms with Crippen molar-refractivity contribution in [3.05, 3.63) is 53.8 Å². The highest BCUT2D eigenvalue weighted by atomic mass is 16.5. The fourth-order valence-corrected chi connectivity index (χ4v) is 7.22. The van der Waals surface area contributed by atoms with Crippen molar-refractivity contribution in [1.29, 1.82) is 0 Å². The molecule has 2 N–H and O–H groups in total. The highest BCUT2D eigenvalue weighted by Gasteiger charge is 2.76. The molecule has 6 rings (SSSR count). The van der Waals surface area contributed by atoms with Crippen LogP contribution in [0.4, 0.5) is 11.5 Å². The first-order valence-corrected chi connectivity index (χ1v) is 14.3. The first-order valence-electron chi connectivity index (χ1n) is 14.3. The molecule has 9 heteroatoms. The van der Waals surface area contributed by atoms with Crippen molar-refractivity contribution in [3.8, 4) is 0 Å². The zero-order chi connectivity index (χ0) is 28.4. The average Bonchev–Trinajstić information content (AvgIpc) is 3.60. The quantitative estimate of drug-likeness (QED) is 0.529. The van der Waals surface area contributed by atoms with Gasteiger partial charge in [0.2, 0.25) is 17.7 Å². The SMILES string of the molecule is Cc1cc(NC(=O)[C@H]2[C@H]3C(=O)N(c4ccc(C5CCCCC5)cc4)[C@H](C(=O)NC(C)(C)C)[C@@]34C=C[C@]2(C)O4)no1. The van der Waals surface area contributed by atoms with Gasteiger partial charge in [-0.15, -0.1) is 0 Å². The van der Waals surface area contributed by atoms with Crippen LogP contribution in [0.25, 0.3) is 0 Å². The third-order valence-corrected chi connectivity index (χ3v) is 8.85. The van der Waals surface area contributed by atoms with Crippen molar-refractivity contribution < 1.29 is 23.6 Å². The Bertz CT molecular complexity index is 1370. The fraction of sp³-hybridized carbons (Fsp3) is 0.548. The number of aryl methyl sites for hydroxylation is 1. The Morgan fingerprint density at radius 3 is 2.38 bits per heavy atom. The molecule has 3 fully saturated rings. The number of hydrogen-bond acceptors (Lipinski definition) is 6. The molecule has 40 heavy (non-hydrogen) atoms. The average molecular weight is 547 g/mol. The molecule has 212 valence electrons. The predicted molar refractivity (Wildman–Crippen MR) is 150 cm³/mol. The number of rotatable bonds is 5. The van der Waals surface area contributed by atoms with Crippen LogP contribution in [-0.4, -0.2) is 45.7 Å². The van der Waals surface area contributed by atoms with Gasteiger partial charge in [0.25, 0.3) is 0 Å². The zero-order valence-corrected chi connectivity index (χ0v) is 23.8. The summed E-state index contributed by atoms with van der Waals surface area (Å²) < 4.78 is 11.7. The first-order chi connectivity index (χ1) is 18.9. The van der Waals surface area contributed by atoms with Crippen LogP contribution in [0.2, 0.25) is 0 Å². The Balaban J connectivity index is 1.38. The summed E-state index contributed by atoms with van der Waals surface area (Å²) in [6.45, 7) is 9.24. The van der Waals surface area contributed by atoms with Gasteiger partial charge in [0.15, 0.2) is 5.82 Å². The standard InChI is InChI=1S/C31H38N4O5/c1-18-17-22(34-39-18)32-26(36)23-24-28(38)35(21-13-11-20(12-14-21)19-9-7-6-8-10-19)25(27(37)33-29(2,3)4)31(24)16-15-30(23,5)40-31/h11-17,19,23-25H,6-10H2,1-5H3,(H,33,37)(H,32,34,36)/t23-,24+,25-,30+,31-/m1/s1. The second-order valence-electron chi connectivity index (χ2n) is 13.0. The highest BCUT2D eigenvalue weighted by molar-refractivity contribution is 6.11. The van der Waals surface area contributed by atoms with Gasteiger partial charge in [0.1, 0.15) is 17.4 Å². The van der Waals surface area contributed by atoms with E-state index in [1.807, 2.05) is 45.1 Å². The third kappa shape index (κ3) is 4.26. The summed E-state index contributed by atoms with van der Waals surface area (Å²) in [5, 5.41) is 9.74. The van der Waals surface area contributed by atoms with E-state index in [1.165, 1.54) is 37.7 Å². The Morgan fingerprint density at radius 2 is 1.75 bits per heavy atom. The van der Waals surface area contributed by atoms with E-state index in [4.69, 9.17) is 9.26 Å². The molecule has 0 radical (unpaired) electrons. The number of nitrogens with zero attached hydrogens (tertiary/aromatic N) is 2. The Morgan fingerprint density at radius 1 is 1.05 bits per heavy atom. The molecule has 1 aromatic carbocycles. The smallest absolute Gasteiger partial charge is 0.246 e. The number of nitrogens with one attached hydrogen (secondary N) is 2. The molecule has 0 unspecified atom stereocenters. The van der Waals surface area contributed by atoms with Crippen LogP contribution in [0.3, 0.4) is 0 Å². The predicted octanol–water partition coefficient (Wildman–Crippen LogP) is 4.63. The summed E-state index contributed by atoms with van der Waals surface area (Å²) in [6, 6.07) is 8.67. The number of hydrogen-bond donors (Lipinski definition) is 2. The Hall–Kier alpha value is -3.46. The molecule has 3 amide bonds. The van der Waals surface area contributed by atoms with Crippen LogP contribution in [-0.2, 0) is 19.1 Å². The van der Waals surface area contributed by atoms with Crippen molar-refractivity contribution in [1.82, 2.24) is 10.5 Å². The molecule has 4 heterocycles. The largest absolute Gasteiger partial charge is 0.360 e. The van der Waals surface area contributed by atoms with Gasteiger partial charge < -0.3 is 19.9 Å². The van der Waals surface area contributed by atoms with Gasteiger partial charge in [-0.3, -0.25) is 19.3 Å². The number of ether oxygens (including phenoxy) is 1. The molecule has 1 aliphatic carbocycles.